The summed E-state index contributed by atoms with van der Waals surface area (Å²) in [6, 6.07) is 13.5. The lowest BCUT2D eigenvalue weighted by Crippen LogP contribution is -2.37. The van der Waals surface area contributed by atoms with Crippen LogP contribution in [0.1, 0.15) is 30.9 Å². The Morgan fingerprint density at radius 1 is 1.25 bits per heavy atom. The summed E-state index contributed by atoms with van der Waals surface area (Å²) < 4.78 is 7.38. The molecule has 0 unspecified atom stereocenters. The zero-order valence-corrected chi connectivity index (χ0v) is 17.1. The van der Waals surface area contributed by atoms with E-state index >= 15 is 0 Å². The molecule has 1 aromatic carbocycles. The average molecular weight is 401 g/mol. The molecule has 28 heavy (non-hydrogen) atoms. The molecule has 6 nitrogen and oxygen atoms in total. The highest BCUT2D eigenvalue weighted by molar-refractivity contribution is 6.31. The average Bonchev–Trinajstić information content (AvgIpc) is 3.25. The van der Waals surface area contributed by atoms with Crippen LogP contribution in [0, 0.1) is 6.92 Å². The summed E-state index contributed by atoms with van der Waals surface area (Å²) >= 11 is 6.24. The lowest BCUT2D eigenvalue weighted by atomic mass is 10.2. The van der Waals surface area contributed by atoms with E-state index in [1.54, 1.807) is 16.9 Å². The topological polar surface area (TPSA) is 63.3 Å². The Morgan fingerprint density at radius 2 is 2.04 bits per heavy atom. The van der Waals surface area contributed by atoms with Crippen molar-refractivity contribution in [1.82, 2.24) is 14.7 Å². The van der Waals surface area contributed by atoms with Crippen molar-refractivity contribution in [1.29, 1.82) is 0 Å². The highest BCUT2D eigenvalue weighted by Crippen LogP contribution is 2.18. The minimum Gasteiger partial charge on any atom is -0.465 e. The maximum Gasteiger partial charge on any atom is 0.239 e. The first kappa shape index (κ1) is 20.2. The molecule has 0 spiro atoms. The van der Waals surface area contributed by atoms with Crippen LogP contribution in [0.3, 0.4) is 0 Å². The molecule has 0 fully saturated rings. The number of halogens is 1. The maximum atomic E-state index is 12.6. The maximum absolute atomic E-state index is 12.6. The standard InChI is InChI=1S/C21H25ClN4O2/c1-15(2)25(13-18-9-8-16(3)28-18)14-21(27)24-20-10-11-23-26(20)12-17-6-4-5-7-19(17)22/h4-11,15H,12-14H2,1-3H3,(H,24,27). The summed E-state index contributed by atoms with van der Waals surface area (Å²) in [4.78, 5) is 14.7. The molecule has 0 aliphatic heterocycles. The van der Waals surface area contributed by atoms with Gasteiger partial charge in [-0.25, -0.2) is 4.68 Å². The van der Waals surface area contributed by atoms with Crippen molar-refractivity contribution >= 4 is 23.3 Å². The number of aryl methyl sites for hydroxylation is 1. The van der Waals surface area contributed by atoms with Crippen LogP contribution in [0.15, 0.2) is 53.1 Å². The molecule has 1 amide bonds. The molecule has 0 aliphatic carbocycles. The van der Waals surface area contributed by atoms with Crippen molar-refractivity contribution < 1.29 is 9.21 Å². The molecule has 0 saturated carbocycles. The van der Waals surface area contributed by atoms with E-state index in [-0.39, 0.29) is 18.5 Å². The number of amides is 1. The van der Waals surface area contributed by atoms with Gasteiger partial charge in [-0.1, -0.05) is 29.8 Å². The molecule has 7 heteroatoms. The van der Waals surface area contributed by atoms with Crippen molar-refractivity contribution in [2.75, 3.05) is 11.9 Å². The summed E-state index contributed by atoms with van der Waals surface area (Å²) in [5, 5.41) is 7.93. The predicted molar refractivity (Wildman–Crippen MR) is 110 cm³/mol. The van der Waals surface area contributed by atoms with E-state index in [9.17, 15) is 4.79 Å². The van der Waals surface area contributed by atoms with E-state index in [4.69, 9.17) is 16.0 Å². The van der Waals surface area contributed by atoms with Gasteiger partial charge in [-0.2, -0.15) is 5.10 Å². The van der Waals surface area contributed by atoms with Crippen LogP contribution in [-0.4, -0.2) is 33.2 Å². The van der Waals surface area contributed by atoms with E-state index in [1.807, 2.05) is 43.3 Å². The molecule has 0 saturated heterocycles. The van der Waals surface area contributed by atoms with Crippen LogP contribution in [0.25, 0.3) is 0 Å². The summed E-state index contributed by atoms with van der Waals surface area (Å²) in [6.45, 7) is 7.36. The van der Waals surface area contributed by atoms with Gasteiger partial charge in [-0.3, -0.25) is 9.69 Å². The number of rotatable bonds is 8. The number of nitrogens with one attached hydrogen (secondary N) is 1. The Balaban J connectivity index is 1.64. The third-order valence-corrected chi connectivity index (χ3v) is 4.86. The van der Waals surface area contributed by atoms with Crippen LogP contribution in [0.5, 0.6) is 0 Å². The van der Waals surface area contributed by atoms with Gasteiger partial charge in [-0.05, 0) is 44.5 Å². The van der Waals surface area contributed by atoms with E-state index in [0.717, 1.165) is 17.1 Å². The number of carbonyl (C=O) groups excluding carboxylic acids is 1. The van der Waals surface area contributed by atoms with Gasteiger partial charge < -0.3 is 9.73 Å². The molecule has 148 valence electrons. The van der Waals surface area contributed by atoms with Gasteiger partial charge in [0.05, 0.1) is 25.8 Å². The van der Waals surface area contributed by atoms with Gasteiger partial charge in [0.2, 0.25) is 5.91 Å². The van der Waals surface area contributed by atoms with Crippen molar-refractivity contribution in [2.45, 2.75) is 39.9 Å². The van der Waals surface area contributed by atoms with Gasteiger partial charge in [0.15, 0.2) is 0 Å². The molecule has 0 bridgehead atoms. The zero-order chi connectivity index (χ0) is 20.1. The Bertz CT molecular complexity index is 932. The fraction of sp³-hybridized carbons (Fsp3) is 0.333. The molecule has 1 N–H and O–H groups in total. The molecule has 0 atom stereocenters. The molecular formula is C21H25ClN4O2. The number of nitrogens with zero attached hydrogens (tertiary/aromatic N) is 3. The second-order valence-corrected chi connectivity index (χ2v) is 7.43. The Kier molecular flexibility index (Phi) is 6.54. The largest absolute Gasteiger partial charge is 0.465 e. The van der Waals surface area contributed by atoms with E-state index in [0.29, 0.717) is 23.9 Å². The number of furan rings is 1. The van der Waals surface area contributed by atoms with Crippen LogP contribution in [-0.2, 0) is 17.9 Å². The lowest BCUT2D eigenvalue weighted by molar-refractivity contribution is -0.118. The molecular weight excluding hydrogens is 376 g/mol. The summed E-state index contributed by atoms with van der Waals surface area (Å²) in [5.41, 5.74) is 0.945. The van der Waals surface area contributed by atoms with Gasteiger partial charge in [0.1, 0.15) is 17.3 Å². The van der Waals surface area contributed by atoms with Crippen molar-refractivity contribution in [2.24, 2.45) is 0 Å². The third-order valence-electron chi connectivity index (χ3n) is 4.49. The molecule has 0 radical (unpaired) electrons. The smallest absolute Gasteiger partial charge is 0.239 e. The van der Waals surface area contributed by atoms with Crippen LogP contribution < -0.4 is 5.32 Å². The minimum absolute atomic E-state index is 0.0992. The first-order valence-corrected chi connectivity index (χ1v) is 9.64. The number of aromatic nitrogens is 2. The van der Waals surface area contributed by atoms with Crippen LogP contribution in [0.2, 0.25) is 5.02 Å². The highest BCUT2D eigenvalue weighted by Gasteiger charge is 2.17. The van der Waals surface area contributed by atoms with E-state index < -0.39 is 0 Å². The van der Waals surface area contributed by atoms with Crippen LogP contribution in [0.4, 0.5) is 5.82 Å². The highest BCUT2D eigenvalue weighted by atomic mass is 35.5. The number of anilines is 1. The molecule has 3 rings (SSSR count). The second-order valence-electron chi connectivity index (χ2n) is 7.02. The monoisotopic (exact) mass is 400 g/mol. The van der Waals surface area contributed by atoms with Gasteiger partial charge >= 0.3 is 0 Å². The normalized spacial score (nSPS) is 11.4. The van der Waals surface area contributed by atoms with Crippen molar-refractivity contribution in [3.8, 4) is 0 Å². The minimum atomic E-state index is -0.0992. The van der Waals surface area contributed by atoms with Gasteiger partial charge in [0.25, 0.3) is 0 Å². The first-order valence-electron chi connectivity index (χ1n) is 9.27. The fourth-order valence-electron chi connectivity index (χ4n) is 2.91. The number of carbonyl (C=O) groups is 1. The third kappa shape index (κ3) is 5.24. The van der Waals surface area contributed by atoms with E-state index in [2.05, 4.69) is 29.2 Å². The number of hydrogen-bond donors (Lipinski definition) is 1. The van der Waals surface area contributed by atoms with E-state index in [1.165, 1.54) is 0 Å². The second kappa shape index (κ2) is 9.08. The fourth-order valence-corrected chi connectivity index (χ4v) is 3.11. The molecule has 0 aliphatic rings. The molecule has 2 aromatic heterocycles. The summed E-state index contributed by atoms with van der Waals surface area (Å²) in [7, 11) is 0. The Hall–Kier alpha value is -2.57. The van der Waals surface area contributed by atoms with Crippen molar-refractivity contribution in [3.63, 3.8) is 0 Å². The number of benzene rings is 1. The predicted octanol–water partition coefficient (Wildman–Crippen LogP) is 4.34. The lowest BCUT2D eigenvalue weighted by Gasteiger charge is -2.24. The van der Waals surface area contributed by atoms with Gasteiger partial charge in [-0.15, -0.1) is 0 Å². The zero-order valence-electron chi connectivity index (χ0n) is 16.4. The summed E-state index contributed by atoms with van der Waals surface area (Å²) in [6.07, 6.45) is 1.66. The quantitative estimate of drug-likeness (QED) is 0.611. The number of hydrogen-bond acceptors (Lipinski definition) is 4. The first-order chi connectivity index (χ1) is 13.4. The van der Waals surface area contributed by atoms with Crippen molar-refractivity contribution in [3.05, 3.63) is 70.8 Å². The summed E-state index contributed by atoms with van der Waals surface area (Å²) in [5.74, 6) is 2.26. The molecule has 2 heterocycles. The Labute approximate surface area is 170 Å². The SMILES string of the molecule is Cc1ccc(CN(CC(=O)Nc2ccnn2Cc2ccccc2Cl)C(C)C)o1. The molecule has 3 aromatic rings. The van der Waals surface area contributed by atoms with Gasteiger partial charge in [0, 0.05) is 17.1 Å². The Morgan fingerprint density at radius 3 is 2.71 bits per heavy atom. The van der Waals surface area contributed by atoms with Crippen LogP contribution >= 0.6 is 11.6 Å².